The minimum Gasteiger partial charge on any atom is -0.351 e. The predicted octanol–water partition coefficient (Wildman–Crippen LogP) is 3.79. The zero-order valence-electron chi connectivity index (χ0n) is 19.3. The molecule has 1 heterocycles. The summed E-state index contributed by atoms with van der Waals surface area (Å²) < 4.78 is 0. The van der Waals surface area contributed by atoms with Gasteiger partial charge >= 0.3 is 0 Å². The maximum absolute atomic E-state index is 12.2. The Bertz CT molecular complexity index is 1040. The van der Waals surface area contributed by atoms with E-state index in [1.54, 1.807) is 24.5 Å². The fourth-order valence-corrected chi connectivity index (χ4v) is 8.66. The largest absolute Gasteiger partial charge is 0.351 e. The van der Waals surface area contributed by atoms with Crippen molar-refractivity contribution in [3.63, 3.8) is 0 Å². The predicted molar refractivity (Wildman–Crippen MR) is 144 cm³/mol. The van der Waals surface area contributed by atoms with Crippen molar-refractivity contribution >= 4 is 29.1 Å². The zero-order valence-corrected chi connectivity index (χ0v) is 20.2. The molecule has 2 N–H and O–H groups in total. The molecule has 1 aromatic heterocycles. The van der Waals surface area contributed by atoms with Crippen LogP contribution in [-0.4, -0.2) is 36.7 Å². The number of nitrogens with one attached hydrogen (secondary N) is 2. The number of carbonyl (C=O) groups is 1. The molecule has 0 atom stereocenters. The summed E-state index contributed by atoms with van der Waals surface area (Å²) >= 11 is 0. The Labute approximate surface area is 202 Å². The lowest BCUT2D eigenvalue weighted by molar-refractivity contribution is 0.0953. The molecule has 0 saturated heterocycles. The van der Waals surface area contributed by atoms with E-state index in [4.69, 9.17) is 0 Å². The quantitative estimate of drug-likeness (QED) is 0.260. The Kier molecular flexibility index (Phi) is 8.56. The maximum atomic E-state index is 12.2. The van der Waals surface area contributed by atoms with Crippen molar-refractivity contribution in [3.8, 4) is 0 Å². The van der Waals surface area contributed by atoms with Gasteiger partial charge in [0.15, 0.2) is 0 Å². The molecule has 0 saturated carbocycles. The number of rotatable bonds is 11. The van der Waals surface area contributed by atoms with E-state index in [9.17, 15) is 4.79 Å². The van der Waals surface area contributed by atoms with Crippen LogP contribution < -0.4 is 26.5 Å². The van der Waals surface area contributed by atoms with Gasteiger partial charge in [0.1, 0.15) is 23.2 Å². The molecule has 0 aliphatic heterocycles. The number of pyridine rings is 1. The lowest BCUT2D eigenvalue weighted by Crippen LogP contribution is -2.35. The first-order valence-corrected chi connectivity index (χ1v) is 13.7. The van der Waals surface area contributed by atoms with Gasteiger partial charge in [-0.15, -0.1) is 0 Å². The molecule has 4 nitrogen and oxygen atoms in total. The van der Waals surface area contributed by atoms with Gasteiger partial charge in [-0.2, -0.15) is 0 Å². The summed E-state index contributed by atoms with van der Waals surface area (Å²) in [5, 5.41) is 10.7. The van der Waals surface area contributed by atoms with Crippen molar-refractivity contribution in [3.05, 3.63) is 121 Å². The van der Waals surface area contributed by atoms with Gasteiger partial charge < -0.3 is 10.6 Å². The average Bonchev–Trinajstić information content (AvgIpc) is 2.92. The van der Waals surface area contributed by atoms with Crippen LogP contribution in [0.4, 0.5) is 0 Å². The lowest BCUT2D eigenvalue weighted by atomic mass is 10.3. The van der Waals surface area contributed by atoms with Gasteiger partial charge in [0.2, 0.25) is 0 Å². The topological polar surface area (TPSA) is 54.0 Å². The summed E-state index contributed by atoms with van der Waals surface area (Å²) in [6.07, 6.45) is 5.38. The van der Waals surface area contributed by atoms with Crippen molar-refractivity contribution < 1.29 is 4.79 Å². The van der Waals surface area contributed by atoms with E-state index >= 15 is 0 Å². The highest BCUT2D eigenvalue weighted by Crippen LogP contribution is 2.55. The van der Waals surface area contributed by atoms with E-state index in [2.05, 4.69) is 107 Å². The van der Waals surface area contributed by atoms with E-state index in [1.165, 1.54) is 15.9 Å². The second-order valence-electron chi connectivity index (χ2n) is 8.14. The third kappa shape index (κ3) is 5.77. The van der Waals surface area contributed by atoms with Crippen LogP contribution in [0.25, 0.3) is 0 Å². The molecule has 0 aliphatic carbocycles. The normalized spacial score (nSPS) is 11.2. The van der Waals surface area contributed by atoms with E-state index < -0.39 is 7.26 Å². The molecule has 0 spiro atoms. The SMILES string of the molecule is O=C(NCCNCCC[P+](c1ccccc1)(c1ccccc1)c1ccccc1)c1cccnc1. The third-order valence-corrected chi connectivity index (χ3v) is 10.5. The maximum Gasteiger partial charge on any atom is 0.252 e. The lowest BCUT2D eigenvalue weighted by Gasteiger charge is -2.27. The van der Waals surface area contributed by atoms with Crippen molar-refractivity contribution in [2.24, 2.45) is 0 Å². The molecule has 4 rings (SSSR count). The van der Waals surface area contributed by atoms with Gasteiger partial charge in [0, 0.05) is 25.5 Å². The molecule has 34 heavy (non-hydrogen) atoms. The third-order valence-electron chi connectivity index (χ3n) is 5.95. The minimum atomic E-state index is -1.78. The summed E-state index contributed by atoms with van der Waals surface area (Å²) in [4.78, 5) is 16.2. The first-order valence-electron chi connectivity index (χ1n) is 11.7. The highest BCUT2D eigenvalue weighted by molar-refractivity contribution is 7.95. The van der Waals surface area contributed by atoms with Gasteiger partial charge in [0.25, 0.3) is 5.91 Å². The second kappa shape index (κ2) is 12.2. The van der Waals surface area contributed by atoms with Gasteiger partial charge in [-0.05, 0) is 61.5 Å². The Morgan fingerprint density at radius 2 is 1.24 bits per heavy atom. The number of benzene rings is 3. The van der Waals surface area contributed by atoms with Crippen LogP contribution in [0.3, 0.4) is 0 Å². The van der Waals surface area contributed by atoms with Crippen LogP contribution >= 0.6 is 7.26 Å². The number of aromatic nitrogens is 1. The van der Waals surface area contributed by atoms with Gasteiger partial charge in [0.05, 0.1) is 11.7 Å². The smallest absolute Gasteiger partial charge is 0.252 e. The van der Waals surface area contributed by atoms with Crippen LogP contribution in [-0.2, 0) is 0 Å². The van der Waals surface area contributed by atoms with E-state index in [0.717, 1.165) is 25.7 Å². The molecular weight excluding hydrogens is 437 g/mol. The van der Waals surface area contributed by atoms with Crippen molar-refractivity contribution in [2.75, 3.05) is 25.8 Å². The Morgan fingerprint density at radius 1 is 0.676 bits per heavy atom. The van der Waals surface area contributed by atoms with Crippen LogP contribution in [0.1, 0.15) is 16.8 Å². The fourth-order valence-electron chi connectivity index (χ4n) is 4.31. The highest BCUT2D eigenvalue weighted by Gasteiger charge is 2.44. The van der Waals surface area contributed by atoms with Gasteiger partial charge in [-0.3, -0.25) is 9.78 Å². The van der Waals surface area contributed by atoms with Crippen molar-refractivity contribution in [1.82, 2.24) is 15.6 Å². The molecule has 0 aliphatic rings. The van der Waals surface area contributed by atoms with Crippen LogP contribution in [0.2, 0.25) is 0 Å². The molecule has 5 heteroatoms. The van der Waals surface area contributed by atoms with Crippen molar-refractivity contribution in [1.29, 1.82) is 0 Å². The molecule has 4 aromatic rings. The monoisotopic (exact) mass is 468 g/mol. The molecule has 0 bridgehead atoms. The number of amides is 1. The van der Waals surface area contributed by atoms with Crippen LogP contribution in [0, 0.1) is 0 Å². The van der Waals surface area contributed by atoms with Crippen LogP contribution in [0.5, 0.6) is 0 Å². The summed E-state index contributed by atoms with van der Waals surface area (Å²) in [5.41, 5.74) is 0.589. The average molecular weight is 469 g/mol. The van der Waals surface area contributed by atoms with E-state index in [0.29, 0.717) is 12.1 Å². The van der Waals surface area contributed by atoms with Crippen molar-refractivity contribution in [2.45, 2.75) is 6.42 Å². The van der Waals surface area contributed by atoms with Crippen LogP contribution in [0.15, 0.2) is 116 Å². The zero-order chi connectivity index (χ0) is 23.5. The summed E-state index contributed by atoms with van der Waals surface area (Å²) in [7, 11) is -1.78. The molecule has 0 radical (unpaired) electrons. The number of nitrogens with zero attached hydrogens (tertiary/aromatic N) is 1. The highest BCUT2D eigenvalue weighted by atomic mass is 31.2. The Hall–Kier alpha value is -3.33. The first-order chi connectivity index (χ1) is 16.8. The molecule has 172 valence electrons. The molecule has 3 aromatic carbocycles. The molecule has 0 unspecified atom stereocenters. The van der Waals surface area contributed by atoms with Gasteiger partial charge in [-0.1, -0.05) is 54.6 Å². The fraction of sp³-hybridized carbons (Fsp3) is 0.172. The summed E-state index contributed by atoms with van der Waals surface area (Å²) in [5.74, 6) is -0.0860. The van der Waals surface area contributed by atoms with E-state index in [-0.39, 0.29) is 5.91 Å². The molecule has 1 amide bonds. The number of carbonyl (C=O) groups excluding carboxylic acids is 1. The summed E-state index contributed by atoms with van der Waals surface area (Å²) in [6.45, 7) is 2.22. The molecular formula is C29H31N3OP+. The minimum absolute atomic E-state index is 0.0860. The van der Waals surface area contributed by atoms with E-state index in [1.807, 2.05) is 0 Å². The second-order valence-corrected chi connectivity index (χ2v) is 11.8. The Morgan fingerprint density at radius 3 is 1.74 bits per heavy atom. The molecule has 0 fully saturated rings. The number of hydrogen-bond acceptors (Lipinski definition) is 3. The first kappa shape index (κ1) is 23.8. The van der Waals surface area contributed by atoms with Gasteiger partial charge in [-0.25, -0.2) is 0 Å². The standard InChI is InChI=1S/C29H30N3OP/c33-29(25-12-10-19-31-24-25)32-22-21-30-20-11-23-34(26-13-4-1-5-14-26,27-15-6-2-7-16-27)28-17-8-3-9-18-28/h1-10,12-19,24,30H,11,20-23H2/p+1. The number of hydrogen-bond donors (Lipinski definition) is 2. The summed E-state index contributed by atoms with van der Waals surface area (Å²) in [6, 6.07) is 36.5. The Balaban J connectivity index is 1.42.